The van der Waals surface area contributed by atoms with Gasteiger partial charge in [-0.2, -0.15) is 5.10 Å². The molecule has 0 saturated heterocycles. The van der Waals surface area contributed by atoms with Crippen molar-refractivity contribution in [3.8, 4) is 0 Å². The molecule has 4 heteroatoms. The monoisotopic (exact) mass is 243 g/mol. The van der Waals surface area contributed by atoms with Crippen LogP contribution in [0.3, 0.4) is 0 Å². The van der Waals surface area contributed by atoms with Gasteiger partial charge in [0.2, 0.25) is 0 Å². The number of anilines is 1. The third kappa shape index (κ3) is 2.97. The van der Waals surface area contributed by atoms with E-state index in [1.54, 1.807) is 12.3 Å². The van der Waals surface area contributed by atoms with E-state index in [0.717, 1.165) is 11.3 Å². The molecule has 0 bridgehead atoms. The minimum absolute atomic E-state index is 0.0541. The molecule has 0 aliphatic heterocycles. The number of para-hydroxylation sites is 1. The molecule has 0 aliphatic carbocycles. The topological polar surface area (TPSA) is 46.9 Å². The van der Waals surface area contributed by atoms with Gasteiger partial charge in [0.1, 0.15) is 0 Å². The molecule has 0 fully saturated rings. The minimum Gasteiger partial charge on any atom is -0.383 e. The fourth-order valence-electron chi connectivity index (χ4n) is 1.76. The number of nitrogens with one attached hydrogen (secondary N) is 1. The van der Waals surface area contributed by atoms with Crippen molar-refractivity contribution in [2.45, 2.75) is 20.4 Å². The molecule has 4 nitrogen and oxygen atoms in total. The molecule has 18 heavy (non-hydrogen) atoms. The molecular formula is C14H17N3O. The molecule has 0 radical (unpaired) electrons. The number of nitrogens with zero attached hydrogens (tertiary/aromatic N) is 2. The third-order valence-electron chi connectivity index (χ3n) is 2.79. The minimum atomic E-state index is -0.0541. The predicted molar refractivity (Wildman–Crippen MR) is 72.9 cm³/mol. The van der Waals surface area contributed by atoms with Crippen molar-refractivity contribution < 1.29 is 0 Å². The van der Waals surface area contributed by atoms with Crippen LogP contribution in [0.15, 0.2) is 41.3 Å². The Balaban J connectivity index is 1.97. The summed E-state index contributed by atoms with van der Waals surface area (Å²) in [4.78, 5) is 11.6. The van der Waals surface area contributed by atoms with Crippen molar-refractivity contribution in [1.29, 1.82) is 0 Å². The van der Waals surface area contributed by atoms with E-state index in [9.17, 15) is 4.79 Å². The number of hydrogen-bond donors (Lipinski definition) is 1. The van der Waals surface area contributed by atoms with Crippen LogP contribution in [0.5, 0.6) is 0 Å². The van der Waals surface area contributed by atoms with Gasteiger partial charge in [0.05, 0.1) is 12.7 Å². The summed E-state index contributed by atoms with van der Waals surface area (Å²) in [6.45, 7) is 5.16. The number of benzene rings is 1. The SMILES string of the molecule is Cc1cnn(CCNc2ccccc2C)c(=O)c1. The van der Waals surface area contributed by atoms with E-state index in [2.05, 4.69) is 23.4 Å². The second-order valence-electron chi connectivity index (χ2n) is 4.34. The quantitative estimate of drug-likeness (QED) is 0.893. The molecule has 0 saturated carbocycles. The van der Waals surface area contributed by atoms with Crippen LogP contribution in [0, 0.1) is 13.8 Å². The zero-order valence-corrected chi connectivity index (χ0v) is 10.7. The largest absolute Gasteiger partial charge is 0.383 e. The molecule has 2 rings (SSSR count). The van der Waals surface area contributed by atoms with Crippen molar-refractivity contribution in [2.24, 2.45) is 0 Å². The molecule has 1 N–H and O–H groups in total. The van der Waals surface area contributed by atoms with Crippen LogP contribution in [-0.4, -0.2) is 16.3 Å². The molecule has 2 aromatic rings. The fraction of sp³-hybridized carbons (Fsp3) is 0.286. The summed E-state index contributed by atoms with van der Waals surface area (Å²) in [6, 6.07) is 9.68. The van der Waals surface area contributed by atoms with E-state index >= 15 is 0 Å². The van der Waals surface area contributed by atoms with E-state index in [1.807, 2.05) is 25.1 Å². The van der Waals surface area contributed by atoms with E-state index in [0.29, 0.717) is 13.1 Å². The summed E-state index contributed by atoms with van der Waals surface area (Å²) in [5.41, 5.74) is 3.13. The first kappa shape index (κ1) is 12.4. The zero-order valence-electron chi connectivity index (χ0n) is 10.7. The molecular weight excluding hydrogens is 226 g/mol. The Morgan fingerprint density at radius 3 is 2.78 bits per heavy atom. The summed E-state index contributed by atoms with van der Waals surface area (Å²) in [5.74, 6) is 0. The first-order valence-corrected chi connectivity index (χ1v) is 6.00. The zero-order chi connectivity index (χ0) is 13.0. The van der Waals surface area contributed by atoms with Gasteiger partial charge >= 0.3 is 0 Å². The Morgan fingerprint density at radius 1 is 1.28 bits per heavy atom. The molecule has 1 aromatic heterocycles. The Hall–Kier alpha value is -2.10. The maximum absolute atomic E-state index is 11.6. The number of hydrogen-bond acceptors (Lipinski definition) is 3. The summed E-state index contributed by atoms with van der Waals surface area (Å²) >= 11 is 0. The van der Waals surface area contributed by atoms with Crippen molar-refractivity contribution in [2.75, 3.05) is 11.9 Å². The molecule has 0 aliphatic rings. The molecule has 0 amide bonds. The first-order valence-electron chi connectivity index (χ1n) is 6.00. The summed E-state index contributed by atoms with van der Waals surface area (Å²) < 4.78 is 1.47. The molecule has 94 valence electrons. The lowest BCUT2D eigenvalue weighted by Gasteiger charge is -2.09. The van der Waals surface area contributed by atoms with E-state index in [-0.39, 0.29) is 5.56 Å². The van der Waals surface area contributed by atoms with Gasteiger partial charge in [-0.3, -0.25) is 4.79 Å². The summed E-state index contributed by atoms with van der Waals surface area (Å²) in [6.07, 6.45) is 1.70. The van der Waals surface area contributed by atoms with Crippen LogP contribution in [-0.2, 0) is 6.54 Å². The third-order valence-corrected chi connectivity index (χ3v) is 2.79. The fourth-order valence-corrected chi connectivity index (χ4v) is 1.76. The van der Waals surface area contributed by atoms with Gasteiger partial charge in [-0.1, -0.05) is 18.2 Å². The van der Waals surface area contributed by atoms with Gasteiger partial charge in [-0.25, -0.2) is 4.68 Å². The van der Waals surface area contributed by atoms with Crippen molar-refractivity contribution in [3.05, 3.63) is 58.0 Å². The second kappa shape index (κ2) is 5.49. The first-order chi connectivity index (χ1) is 8.66. The highest BCUT2D eigenvalue weighted by atomic mass is 16.1. The molecule has 0 unspecified atom stereocenters. The molecule has 0 atom stereocenters. The average Bonchev–Trinajstić information content (AvgIpc) is 2.34. The van der Waals surface area contributed by atoms with Gasteiger partial charge in [0.15, 0.2) is 0 Å². The lowest BCUT2D eigenvalue weighted by Crippen LogP contribution is -2.25. The summed E-state index contributed by atoms with van der Waals surface area (Å²) in [5, 5.41) is 7.40. The smallest absolute Gasteiger partial charge is 0.267 e. The van der Waals surface area contributed by atoms with Crippen molar-refractivity contribution in [1.82, 2.24) is 9.78 Å². The second-order valence-corrected chi connectivity index (χ2v) is 4.34. The van der Waals surface area contributed by atoms with E-state index < -0.39 is 0 Å². The predicted octanol–water partition coefficient (Wildman–Crippen LogP) is 1.97. The molecule has 0 spiro atoms. The van der Waals surface area contributed by atoms with E-state index in [1.165, 1.54) is 10.2 Å². The van der Waals surface area contributed by atoms with Gasteiger partial charge in [0, 0.05) is 18.3 Å². The number of rotatable bonds is 4. The molecule has 1 aromatic carbocycles. The standard InChI is InChI=1S/C14H17N3O/c1-11-9-14(18)17(16-10-11)8-7-15-13-6-4-3-5-12(13)2/h3-6,9-10,15H,7-8H2,1-2H3. The van der Waals surface area contributed by atoms with Crippen LogP contribution in [0.25, 0.3) is 0 Å². The van der Waals surface area contributed by atoms with Crippen molar-refractivity contribution >= 4 is 5.69 Å². The highest BCUT2D eigenvalue weighted by molar-refractivity contribution is 5.49. The van der Waals surface area contributed by atoms with Gasteiger partial charge in [0.25, 0.3) is 5.56 Å². The maximum atomic E-state index is 11.6. The van der Waals surface area contributed by atoms with Crippen LogP contribution < -0.4 is 10.9 Å². The maximum Gasteiger partial charge on any atom is 0.267 e. The Morgan fingerprint density at radius 2 is 2.06 bits per heavy atom. The lowest BCUT2D eigenvalue weighted by atomic mass is 10.2. The van der Waals surface area contributed by atoms with Crippen LogP contribution in [0.2, 0.25) is 0 Å². The Kier molecular flexibility index (Phi) is 3.77. The summed E-state index contributed by atoms with van der Waals surface area (Å²) in [7, 11) is 0. The normalized spacial score (nSPS) is 10.3. The number of aryl methyl sites for hydroxylation is 2. The lowest BCUT2D eigenvalue weighted by molar-refractivity contribution is 0.595. The number of aromatic nitrogens is 2. The average molecular weight is 243 g/mol. The van der Waals surface area contributed by atoms with E-state index in [4.69, 9.17) is 0 Å². The Labute approximate surface area is 106 Å². The van der Waals surface area contributed by atoms with Gasteiger partial charge in [-0.15, -0.1) is 0 Å². The van der Waals surface area contributed by atoms with Crippen LogP contribution in [0.1, 0.15) is 11.1 Å². The van der Waals surface area contributed by atoms with Gasteiger partial charge < -0.3 is 5.32 Å². The molecule has 1 heterocycles. The Bertz CT molecular complexity index is 590. The van der Waals surface area contributed by atoms with Crippen LogP contribution in [0.4, 0.5) is 5.69 Å². The van der Waals surface area contributed by atoms with Crippen molar-refractivity contribution in [3.63, 3.8) is 0 Å². The van der Waals surface area contributed by atoms with Gasteiger partial charge in [-0.05, 0) is 31.0 Å². The van der Waals surface area contributed by atoms with Crippen LogP contribution >= 0.6 is 0 Å². The highest BCUT2D eigenvalue weighted by Gasteiger charge is 1.99. The highest BCUT2D eigenvalue weighted by Crippen LogP contribution is 2.12.